The summed E-state index contributed by atoms with van der Waals surface area (Å²) in [6, 6.07) is 13.3. The number of halogens is 2. The van der Waals surface area contributed by atoms with Gasteiger partial charge in [-0.25, -0.2) is 4.39 Å². The SMILES string of the molecule is O=C(OCc1sc2ccccc2c1Cl)C1CCN(C(=O)c2ccc(F)cc2)CC1. The fraction of sp³-hybridized carbons (Fsp3) is 0.273. The molecule has 2 aromatic carbocycles. The summed E-state index contributed by atoms with van der Waals surface area (Å²) in [6.45, 7) is 1.10. The number of carbonyl (C=O) groups is 2. The number of piperidine rings is 1. The van der Waals surface area contributed by atoms with Crippen LogP contribution in [0.25, 0.3) is 10.1 Å². The Hall–Kier alpha value is -2.44. The molecule has 0 atom stereocenters. The van der Waals surface area contributed by atoms with Crippen LogP contribution in [0.2, 0.25) is 5.02 Å². The maximum atomic E-state index is 13.0. The van der Waals surface area contributed by atoms with Gasteiger partial charge in [-0.1, -0.05) is 29.8 Å². The zero-order chi connectivity index (χ0) is 20.4. The number of rotatable bonds is 4. The molecule has 0 aliphatic carbocycles. The Balaban J connectivity index is 1.31. The Bertz CT molecular complexity index is 1040. The molecule has 1 fully saturated rings. The van der Waals surface area contributed by atoms with E-state index < -0.39 is 0 Å². The quantitative estimate of drug-likeness (QED) is 0.527. The van der Waals surface area contributed by atoms with Gasteiger partial charge in [0.1, 0.15) is 12.4 Å². The molecule has 29 heavy (non-hydrogen) atoms. The highest BCUT2D eigenvalue weighted by Crippen LogP contribution is 2.35. The molecular formula is C22H19ClFNO3S. The summed E-state index contributed by atoms with van der Waals surface area (Å²) in [6.07, 6.45) is 1.10. The predicted octanol–water partition coefficient (Wildman–Crippen LogP) is 5.29. The lowest BCUT2D eigenvalue weighted by Gasteiger charge is -2.31. The third-order valence-corrected chi connectivity index (χ3v) is 6.84. The molecule has 4 nitrogen and oxygen atoms in total. The first-order valence-electron chi connectivity index (χ1n) is 9.40. The van der Waals surface area contributed by atoms with Crippen LogP contribution in [-0.2, 0) is 16.1 Å². The van der Waals surface area contributed by atoms with E-state index in [1.54, 1.807) is 4.90 Å². The minimum absolute atomic E-state index is 0.145. The smallest absolute Gasteiger partial charge is 0.309 e. The summed E-state index contributed by atoms with van der Waals surface area (Å²) in [4.78, 5) is 27.5. The Morgan fingerprint density at radius 1 is 1.10 bits per heavy atom. The van der Waals surface area contributed by atoms with E-state index in [9.17, 15) is 14.0 Å². The molecule has 1 aromatic heterocycles. The summed E-state index contributed by atoms with van der Waals surface area (Å²) >= 11 is 7.93. The Morgan fingerprint density at radius 3 is 2.48 bits per heavy atom. The van der Waals surface area contributed by atoms with E-state index in [0.717, 1.165) is 15.0 Å². The van der Waals surface area contributed by atoms with Crippen LogP contribution < -0.4 is 0 Å². The number of amides is 1. The summed E-state index contributed by atoms with van der Waals surface area (Å²) < 4.78 is 19.6. The van der Waals surface area contributed by atoms with Gasteiger partial charge in [-0.3, -0.25) is 9.59 Å². The largest absolute Gasteiger partial charge is 0.460 e. The number of hydrogen-bond donors (Lipinski definition) is 0. The van der Waals surface area contributed by atoms with Crippen molar-refractivity contribution < 1.29 is 18.7 Å². The highest BCUT2D eigenvalue weighted by atomic mass is 35.5. The van der Waals surface area contributed by atoms with Gasteiger partial charge in [-0.15, -0.1) is 11.3 Å². The molecule has 0 spiro atoms. The molecule has 0 bridgehead atoms. The first-order chi connectivity index (χ1) is 14.0. The third kappa shape index (κ3) is 4.28. The number of fused-ring (bicyclic) bond motifs is 1. The first-order valence-corrected chi connectivity index (χ1v) is 10.6. The molecule has 1 saturated heterocycles. The zero-order valence-electron chi connectivity index (χ0n) is 15.6. The maximum absolute atomic E-state index is 13.0. The molecular weight excluding hydrogens is 413 g/mol. The third-order valence-electron chi connectivity index (χ3n) is 5.15. The number of nitrogens with zero attached hydrogens (tertiary/aromatic N) is 1. The molecule has 3 aromatic rings. The van der Waals surface area contributed by atoms with Gasteiger partial charge in [-0.05, 0) is 43.2 Å². The van der Waals surface area contributed by atoms with E-state index in [1.165, 1.54) is 35.6 Å². The van der Waals surface area contributed by atoms with Crippen molar-refractivity contribution in [1.29, 1.82) is 0 Å². The van der Waals surface area contributed by atoms with Gasteiger partial charge in [0.2, 0.25) is 0 Å². The van der Waals surface area contributed by atoms with Crippen molar-refractivity contribution >= 4 is 44.9 Å². The van der Waals surface area contributed by atoms with Gasteiger partial charge >= 0.3 is 5.97 Å². The van der Waals surface area contributed by atoms with Gasteiger partial charge in [0.15, 0.2) is 0 Å². The monoisotopic (exact) mass is 431 g/mol. The first kappa shape index (κ1) is 19.9. The van der Waals surface area contributed by atoms with Crippen LogP contribution >= 0.6 is 22.9 Å². The highest BCUT2D eigenvalue weighted by Gasteiger charge is 2.29. The minimum Gasteiger partial charge on any atom is -0.460 e. The second kappa shape index (κ2) is 8.51. The van der Waals surface area contributed by atoms with Crippen LogP contribution in [0.4, 0.5) is 4.39 Å². The van der Waals surface area contributed by atoms with Crippen LogP contribution in [0.3, 0.4) is 0 Å². The van der Waals surface area contributed by atoms with Crippen LogP contribution in [-0.4, -0.2) is 29.9 Å². The number of ether oxygens (including phenoxy) is 1. The Kier molecular flexibility index (Phi) is 5.83. The lowest BCUT2D eigenvalue weighted by Crippen LogP contribution is -2.40. The molecule has 0 radical (unpaired) electrons. The van der Waals surface area contributed by atoms with E-state index in [0.29, 0.717) is 36.5 Å². The second-order valence-corrected chi connectivity index (χ2v) is 8.53. The molecule has 1 aliphatic heterocycles. The molecule has 4 rings (SSSR count). The molecule has 1 aliphatic rings. The van der Waals surface area contributed by atoms with Gasteiger partial charge < -0.3 is 9.64 Å². The normalized spacial score (nSPS) is 14.9. The van der Waals surface area contributed by atoms with Crippen molar-refractivity contribution in [2.75, 3.05) is 13.1 Å². The van der Waals surface area contributed by atoms with Crippen LogP contribution in [0.15, 0.2) is 48.5 Å². The second-order valence-electron chi connectivity index (χ2n) is 7.02. The highest BCUT2D eigenvalue weighted by molar-refractivity contribution is 7.19. The van der Waals surface area contributed by atoms with Crippen molar-refractivity contribution in [2.24, 2.45) is 5.92 Å². The van der Waals surface area contributed by atoms with E-state index >= 15 is 0 Å². The Morgan fingerprint density at radius 2 is 1.79 bits per heavy atom. The Labute approximate surface area is 176 Å². The lowest BCUT2D eigenvalue weighted by atomic mass is 9.96. The van der Waals surface area contributed by atoms with Crippen LogP contribution in [0.5, 0.6) is 0 Å². The van der Waals surface area contributed by atoms with Crippen molar-refractivity contribution in [3.05, 3.63) is 69.8 Å². The zero-order valence-corrected chi connectivity index (χ0v) is 17.1. The van der Waals surface area contributed by atoms with Gasteiger partial charge in [0.25, 0.3) is 5.91 Å². The topological polar surface area (TPSA) is 46.6 Å². The van der Waals surface area contributed by atoms with Crippen LogP contribution in [0.1, 0.15) is 28.1 Å². The fourth-order valence-corrected chi connectivity index (χ4v) is 4.91. The van der Waals surface area contributed by atoms with Gasteiger partial charge in [0.05, 0.1) is 15.8 Å². The van der Waals surface area contributed by atoms with Crippen LogP contribution in [0, 0.1) is 11.7 Å². The average molecular weight is 432 g/mol. The standard InChI is InChI=1S/C22H19ClFNO3S/c23-20-17-3-1-2-4-18(17)29-19(20)13-28-22(27)15-9-11-25(12-10-15)21(26)14-5-7-16(24)8-6-14/h1-8,15H,9-13H2. The minimum atomic E-state index is -0.373. The van der Waals surface area contributed by atoms with Gasteiger partial charge in [0, 0.05) is 28.7 Å². The van der Waals surface area contributed by atoms with Gasteiger partial charge in [-0.2, -0.15) is 0 Å². The fourth-order valence-electron chi connectivity index (χ4n) is 3.51. The molecule has 2 heterocycles. The number of benzene rings is 2. The van der Waals surface area contributed by atoms with E-state index in [-0.39, 0.29) is 30.2 Å². The van der Waals surface area contributed by atoms with Crippen molar-refractivity contribution in [3.8, 4) is 0 Å². The summed E-state index contributed by atoms with van der Waals surface area (Å²) in [7, 11) is 0. The average Bonchev–Trinajstić information content (AvgIpc) is 3.08. The van der Waals surface area contributed by atoms with Crippen molar-refractivity contribution in [1.82, 2.24) is 4.90 Å². The number of thiophene rings is 1. The number of likely N-dealkylation sites (tertiary alicyclic amines) is 1. The number of carbonyl (C=O) groups excluding carboxylic acids is 2. The summed E-state index contributed by atoms with van der Waals surface area (Å²) in [5.41, 5.74) is 0.451. The molecule has 150 valence electrons. The molecule has 7 heteroatoms. The maximum Gasteiger partial charge on any atom is 0.309 e. The summed E-state index contributed by atoms with van der Waals surface area (Å²) in [5, 5.41) is 1.61. The van der Waals surface area contributed by atoms with E-state index in [2.05, 4.69) is 0 Å². The molecule has 1 amide bonds. The van der Waals surface area contributed by atoms with Crippen molar-refractivity contribution in [3.63, 3.8) is 0 Å². The predicted molar refractivity (Wildman–Crippen MR) is 112 cm³/mol. The molecule has 0 unspecified atom stereocenters. The lowest BCUT2D eigenvalue weighted by molar-refractivity contribution is -0.151. The van der Waals surface area contributed by atoms with Crippen molar-refractivity contribution in [2.45, 2.75) is 19.4 Å². The number of esters is 1. The molecule has 0 N–H and O–H groups in total. The van der Waals surface area contributed by atoms with E-state index in [1.807, 2.05) is 24.3 Å². The summed E-state index contributed by atoms with van der Waals surface area (Å²) in [5.74, 6) is -1.01. The molecule has 0 saturated carbocycles. The van der Waals surface area contributed by atoms with E-state index in [4.69, 9.17) is 16.3 Å². The number of hydrogen-bond acceptors (Lipinski definition) is 4.